The fourth-order valence-corrected chi connectivity index (χ4v) is 3.53. The average Bonchev–Trinajstić information content (AvgIpc) is 3.26. The molecule has 0 saturated carbocycles. The second-order valence-corrected chi connectivity index (χ2v) is 8.40. The van der Waals surface area contributed by atoms with Gasteiger partial charge in [-0.05, 0) is 32.9 Å². The smallest absolute Gasteiger partial charge is 0.415 e. The van der Waals surface area contributed by atoms with Crippen molar-refractivity contribution in [2.24, 2.45) is 0 Å². The van der Waals surface area contributed by atoms with E-state index in [9.17, 15) is 9.59 Å². The summed E-state index contributed by atoms with van der Waals surface area (Å²) in [4.78, 5) is 33.9. The van der Waals surface area contributed by atoms with Gasteiger partial charge in [0, 0.05) is 19.2 Å². The van der Waals surface area contributed by atoms with E-state index in [2.05, 4.69) is 15.1 Å². The number of carbonyl (C=O) groups is 1. The highest BCUT2D eigenvalue weighted by Crippen LogP contribution is 2.35. The highest BCUT2D eigenvalue weighted by Gasteiger charge is 2.35. The highest BCUT2D eigenvalue weighted by atomic mass is 16.7. The summed E-state index contributed by atoms with van der Waals surface area (Å²) in [7, 11) is 0. The lowest BCUT2D eigenvalue weighted by molar-refractivity contribution is 0.109. The summed E-state index contributed by atoms with van der Waals surface area (Å²) in [5.41, 5.74) is 0.00870. The molecule has 0 radical (unpaired) electrons. The van der Waals surface area contributed by atoms with Crippen molar-refractivity contribution in [1.29, 1.82) is 0 Å². The molecule has 2 aliphatic rings. The number of ether oxygens (including phenoxy) is 3. The maximum Gasteiger partial charge on any atom is 0.415 e. The first-order chi connectivity index (χ1) is 14.3. The third kappa shape index (κ3) is 3.04. The number of carbonyl (C=O) groups excluding carboxylic acids is 1. The van der Waals surface area contributed by atoms with Crippen molar-refractivity contribution in [1.82, 2.24) is 24.6 Å². The molecule has 10 heteroatoms. The molecule has 0 bridgehead atoms. The van der Waals surface area contributed by atoms with E-state index in [0.717, 1.165) is 0 Å². The fourth-order valence-electron chi connectivity index (χ4n) is 3.53. The van der Waals surface area contributed by atoms with Crippen LogP contribution in [0.3, 0.4) is 0 Å². The second kappa shape index (κ2) is 6.48. The number of aromatic amines is 1. The van der Waals surface area contributed by atoms with Gasteiger partial charge in [0.25, 0.3) is 5.56 Å². The van der Waals surface area contributed by atoms with Crippen molar-refractivity contribution in [2.45, 2.75) is 32.2 Å². The minimum absolute atomic E-state index is 0.0743. The van der Waals surface area contributed by atoms with E-state index in [0.29, 0.717) is 47.2 Å². The van der Waals surface area contributed by atoms with Gasteiger partial charge in [0.2, 0.25) is 6.79 Å². The van der Waals surface area contributed by atoms with Gasteiger partial charge < -0.3 is 24.1 Å². The zero-order valence-corrected chi connectivity index (χ0v) is 16.8. The van der Waals surface area contributed by atoms with Crippen LogP contribution in [0.15, 0.2) is 29.2 Å². The molecule has 30 heavy (non-hydrogen) atoms. The first-order valence-electron chi connectivity index (χ1n) is 9.64. The molecular weight excluding hydrogens is 390 g/mol. The van der Waals surface area contributed by atoms with Crippen LogP contribution in [0.4, 0.5) is 4.79 Å². The van der Waals surface area contributed by atoms with Crippen LogP contribution < -0.4 is 19.8 Å². The number of likely N-dealkylation sites (tertiary alicyclic amines) is 1. The summed E-state index contributed by atoms with van der Waals surface area (Å²) in [6, 6.07) is 4.98. The van der Waals surface area contributed by atoms with Crippen LogP contribution in [0, 0.1) is 0 Å². The Morgan fingerprint density at radius 2 is 2.00 bits per heavy atom. The first kappa shape index (κ1) is 18.5. The zero-order valence-electron chi connectivity index (χ0n) is 16.8. The van der Waals surface area contributed by atoms with Gasteiger partial charge >= 0.3 is 6.09 Å². The monoisotopic (exact) mass is 411 g/mol. The van der Waals surface area contributed by atoms with Crippen LogP contribution in [0.2, 0.25) is 0 Å². The van der Waals surface area contributed by atoms with Crippen molar-refractivity contribution >= 4 is 17.1 Å². The number of rotatable bonds is 2. The molecule has 2 aliphatic heterocycles. The van der Waals surface area contributed by atoms with Gasteiger partial charge in [-0.1, -0.05) is 0 Å². The van der Waals surface area contributed by atoms with Gasteiger partial charge in [-0.3, -0.25) is 4.79 Å². The second-order valence-electron chi connectivity index (χ2n) is 8.40. The SMILES string of the molecule is CC(C)(C)n1ncc2c(=O)[nH]c(C3CN(C(=O)Oc4ccc5c(c4)OCO5)C3)nc21. The van der Waals surface area contributed by atoms with Crippen molar-refractivity contribution in [2.75, 3.05) is 19.9 Å². The number of benzene rings is 1. The van der Waals surface area contributed by atoms with Gasteiger partial charge in [-0.15, -0.1) is 0 Å². The van der Waals surface area contributed by atoms with Crippen LogP contribution in [0.1, 0.15) is 32.5 Å². The Morgan fingerprint density at radius 3 is 2.77 bits per heavy atom. The molecule has 5 rings (SSSR count). The van der Waals surface area contributed by atoms with Gasteiger partial charge in [0.1, 0.15) is 17.0 Å². The van der Waals surface area contributed by atoms with Crippen LogP contribution in [0.5, 0.6) is 17.2 Å². The van der Waals surface area contributed by atoms with Gasteiger partial charge in [0.15, 0.2) is 17.1 Å². The van der Waals surface area contributed by atoms with E-state index in [1.54, 1.807) is 27.8 Å². The Morgan fingerprint density at radius 1 is 1.23 bits per heavy atom. The fraction of sp³-hybridized carbons (Fsp3) is 0.400. The van der Waals surface area contributed by atoms with Gasteiger partial charge in [-0.25, -0.2) is 14.5 Å². The maximum absolute atomic E-state index is 12.5. The third-order valence-corrected chi connectivity index (χ3v) is 5.17. The van der Waals surface area contributed by atoms with E-state index < -0.39 is 6.09 Å². The molecule has 0 unspecified atom stereocenters. The largest absolute Gasteiger partial charge is 0.454 e. The molecule has 4 heterocycles. The summed E-state index contributed by atoms with van der Waals surface area (Å²) < 4.78 is 17.7. The number of amides is 1. The normalized spacial score (nSPS) is 16.0. The maximum atomic E-state index is 12.5. The Hall–Kier alpha value is -3.56. The molecule has 1 saturated heterocycles. The Kier molecular flexibility index (Phi) is 3.99. The van der Waals surface area contributed by atoms with Crippen LogP contribution in [0.25, 0.3) is 11.0 Å². The first-order valence-corrected chi connectivity index (χ1v) is 9.64. The van der Waals surface area contributed by atoms with Crippen molar-refractivity contribution in [3.63, 3.8) is 0 Å². The third-order valence-electron chi connectivity index (χ3n) is 5.17. The number of fused-ring (bicyclic) bond motifs is 2. The zero-order chi connectivity index (χ0) is 21.0. The molecule has 1 fully saturated rings. The minimum atomic E-state index is -0.465. The minimum Gasteiger partial charge on any atom is -0.454 e. The van der Waals surface area contributed by atoms with E-state index in [4.69, 9.17) is 14.2 Å². The summed E-state index contributed by atoms with van der Waals surface area (Å²) in [6.07, 6.45) is 1.07. The number of hydrogen-bond donors (Lipinski definition) is 1. The lowest BCUT2D eigenvalue weighted by Gasteiger charge is -2.37. The Labute approximate surface area is 171 Å². The number of aromatic nitrogens is 4. The highest BCUT2D eigenvalue weighted by molar-refractivity contribution is 5.74. The summed E-state index contributed by atoms with van der Waals surface area (Å²) in [5.74, 6) is 2.03. The number of H-pyrrole nitrogens is 1. The van der Waals surface area contributed by atoms with Crippen LogP contribution in [-0.2, 0) is 5.54 Å². The van der Waals surface area contributed by atoms with Crippen molar-refractivity contribution in [3.8, 4) is 17.2 Å². The predicted octanol–water partition coefficient (Wildman–Crippen LogP) is 2.20. The standard InChI is InChI=1S/C20H21N5O5/c1-20(2,3)25-17-13(7-21-25)18(26)23-16(22-17)11-8-24(9-11)19(27)30-12-4-5-14-15(6-12)29-10-28-14/h4-7,11H,8-10H2,1-3H3,(H,22,23,26). The molecule has 1 N–H and O–H groups in total. The van der Waals surface area contributed by atoms with Gasteiger partial charge in [-0.2, -0.15) is 5.10 Å². The molecule has 1 aromatic carbocycles. The van der Waals surface area contributed by atoms with E-state index in [1.807, 2.05) is 20.8 Å². The molecule has 10 nitrogen and oxygen atoms in total. The number of hydrogen-bond acceptors (Lipinski definition) is 7. The molecule has 3 aromatic rings. The summed E-state index contributed by atoms with van der Waals surface area (Å²) >= 11 is 0. The molecule has 0 atom stereocenters. The topological polar surface area (TPSA) is 112 Å². The van der Waals surface area contributed by atoms with E-state index >= 15 is 0 Å². The van der Waals surface area contributed by atoms with E-state index in [-0.39, 0.29) is 23.8 Å². The van der Waals surface area contributed by atoms with Crippen molar-refractivity contribution < 1.29 is 19.0 Å². The molecule has 2 aromatic heterocycles. The summed E-state index contributed by atoms with van der Waals surface area (Å²) in [6.45, 7) is 6.96. The van der Waals surface area contributed by atoms with Crippen LogP contribution >= 0.6 is 0 Å². The molecule has 0 spiro atoms. The molecular formula is C20H21N5O5. The lowest BCUT2D eigenvalue weighted by Crippen LogP contribution is -2.50. The van der Waals surface area contributed by atoms with Crippen LogP contribution in [-0.4, -0.2) is 50.6 Å². The molecule has 1 amide bonds. The van der Waals surface area contributed by atoms with Crippen molar-refractivity contribution in [3.05, 3.63) is 40.6 Å². The molecule has 156 valence electrons. The Bertz CT molecular complexity index is 1200. The van der Waals surface area contributed by atoms with Gasteiger partial charge in [0.05, 0.1) is 17.7 Å². The number of nitrogens with one attached hydrogen (secondary N) is 1. The molecule has 0 aliphatic carbocycles. The Balaban J connectivity index is 1.30. The summed E-state index contributed by atoms with van der Waals surface area (Å²) in [5, 5.41) is 4.77. The number of nitrogens with zero attached hydrogens (tertiary/aromatic N) is 4. The van der Waals surface area contributed by atoms with E-state index in [1.165, 1.54) is 6.20 Å². The predicted molar refractivity (Wildman–Crippen MR) is 106 cm³/mol. The lowest BCUT2D eigenvalue weighted by atomic mass is 10.00. The quantitative estimate of drug-likeness (QED) is 0.688. The average molecular weight is 411 g/mol.